The fourth-order valence-electron chi connectivity index (χ4n) is 6.99. The lowest BCUT2D eigenvalue weighted by atomic mass is 9.59. The molecule has 1 aromatic rings. The van der Waals surface area contributed by atoms with Gasteiger partial charge < -0.3 is 19.1 Å². The molecule has 0 bridgehead atoms. The molecule has 5 atom stereocenters. The molecule has 1 aromatic carbocycles. The molecule has 1 saturated heterocycles. The van der Waals surface area contributed by atoms with Crippen molar-refractivity contribution in [3.05, 3.63) is 35.4 Å². The molecular formula is C27H31F3N2O6. The molecule has 1 amide bonds. The van der Waals surface area contributed by atoms with Crippen molar-refractivity contribution < 1.29 is 41.8 Å². The van der Waals surface area contributed by atoms with Gasteiger partial charge in [-0.3, -0.25) is 19.7 Å². The zero-order valence-corrected chi connectivity index (χ0v) is 21.7. The highest BCUT2D eigenvalue weighted by molar-refractivity contribution is 6.01. The molecule has 206 valence electrons. The summed E-state index contributed by atoms with van der Waals surface area (Å²) in [4.78, 5) is 39.7. The number of alkyl halides is 3. The van der Waals surface area contributed by atoms with E-state index in [9.17, 15) is 27.6 Å². The monoisotopic (exact) mass is 536 g/mol. The normalized spacial score (nSPS) is 30.4. The van der Waals surface area contributed by atoms with Crippen LogP contribution in [0, 0.1) is 17.8 Å². The van der Waals surface area contributed by atoms with Gasteiger partial charge in [0.2, 0.25) is 6.79 Å². The second kappa shape index (κ2) is 9.00. The summed E-state index contributed by atoms with van der Waals surface area (Å²) in [6.07, 6.45) is -1.37. The summed E-state index contributed by atoms with van der Waals surface area (Å²) in [6, 6.07) is 3.17. The van der Waals surface area contributed by atoms with Crippen molar-refractivity contribution >= 4 is 17.7 Å². The van der Waals surface area contributed by atoms with Gasteiger partial charge in [0.15, 0.2) is 17.3 Å². The van der Waals surface area contributed by atoms with Gasteiger partial charge in [-0.15, -0.1) is 0 Å². The van der Waals surface area contributed by atoms with Crippen LogP contribution in [0.2, 0.25) is 0 Å². The number of ketones is 1. The Kier molecular flexibility index (Phi) is 6.28. The second-order valence-electron chi connectivity index (χ2n) is 11.0. The summed E-state index contributed by atoms with van der Waals surface area (Å²) in [5.74, 6) is -2.94. The number of hydrogen-bond acceptors (Lipinski definition) is 7. The molecule has 5 rings (SSSR count). The number of benzene rings is 1. The van der Waals surface area contributed by atoms with Crippen LogP contribution in [-0.4, -0.2) is 61.3 Å². The lowest BCUT2D eigenvalue weighted by molar-refractivity contribution is -0.184. The van der Waals surface area contributed by atoms with E-state index >= 15 is 0 Å². The van der Waals surface area contributed by atoms with E-state index in [1.165, 1.54) is 6.08 Å². The first kappa shape index (κ1) is 26.5. The number of allylic oxidation sites excluding steroid dienone is 2. The van der Waals surface area contributed by atoms with Crippen LogP contribution in [0.3, 0.4) is 0 Å². The lowest BCUT2D eigenvalue weighted by Crippen LogP contribution is -2.58. The van der Waals surface area contributed by atoms with E-state index in [1.54, 1.807) is 13.0 Å². The van der Waals surface area contributed by atoms with Gasteiger partial charge in [-0.2, -0.15) is 13.2 Å². The first-order valence-electron chi connectivity index (χ1n) is 12.8. The highest BCUT2D eigenvalue weighted by atomic mass is 19.4. The molecule has 0 unspecified atom stereocenters. The molecule has 1 fully saturated rings. The van der Waals surface area contributed by atoms with Gasteiger partial charge in [0.05, 0.1) is 12.5 Å². The van der Waals surface area contributed by atoms with Gasteiger partial charge >= 0.3 is 18.1 Å². The van der Waals surface area contributed by atoms with Crippen molar-refractivity contribution in [1.29, 1.82) is 0 Å². The lowest BCUT2D eigenvalue weighted by Gasteiger charge is -2.43. The van der Waals surface area contributed by atoms with Crippen LogP contribution in [0.4, 0.5) is 13.2 Å². The molecule has 0 saturated carbocycles. The number of halogens is 3. The maximum Gasteiger partial charge on any atom is 0.471 e. The number of esters is 1. The Labute approximate surface area is 218 Å². The third-order valence-corrected chi connectivity index (χ3v) is 8.31. The van der Waals surface area contributed by atoms with Crippen LogP contribution in [-0.2, 0) is 24.5 Å². The van der Waals surface area contributed by atoms with Gasteiger partial charge in [0.1, 0.15) is 5.54 Å². The number of nitrogens with zero attached hydrogens (tertiary/aromatic N) is 1. The van der Waals surface area contributed by atoms with Gasteiger partial charge in [-0.25, -0.2) is 0 Å². The minimum atomic E-state index is -5.00. The van der Waals surface area contributed by atoms with Gasteiger partial charge in [-0.05, 0) is 55.0 Å². The Morgan fingerprint density at radius 2 is 1.92 bits per heavy atom. The second-order valence-corrected chi connectivity index (χ2v) is 11.0. The number of ether oxygens (including phenoxy) is 3. The Morgan fingerprint density at radius 1 is 1.24 bits per heavy atom. The molecule has 38 heavy (non-hydrogen) atoms. The molecule has 2 aliphatic heterocycles. The van der Waals surface area contributed by atoms with Crippen LogP contribution in [0.15, 0.2) is 24.3 Å². The third kappa shape index (κ3) is 3.80. The largest absolute Gasteiger partial charge is 0.471 e. The Bertz CT molecular complexity index is 1210. The molecular weight excluding hydrogens is 505 g/mol. The molecule has 0 radical (unpaired) electrons. The number of carbonyl (C=O) groups is 3. The Morgan fingerprint density at radius 3 is 2.55 bits per heavy atom. The van der Waals surface area contributed by atoms with E-state index in [0.29, 0.717) is 22.8 Å². The summed E-state index contributed by atoms with van der Waals surface area (Å²) in [7, 11) is 1.11. The van der Waals surface area contributed by atoms with Crippen molar-refractivity contribution in [2.45, 2.75) is 56.8 Å². The molecule has 0 spiro atoms. The number of fused-ring (bicyclic) bond motifs is 4. The van der Waals surface area contributed by atoms with E-state index in [-0.39, 0.29) is 38.1 Å². The van der Waals surface area contributed by atoms with E-state index in [2.05, 4.69) is 5.32 Å². The van der Waals surface area contributed by atoms with Crippen molar-refractivity contribution in [3.8, 4) is 11.5 Å². The third-order valence-electron chi connectivity index (χ3n) is 8.31. The smallest absolute Gasteiger partial charge is 0.465 e. The van der Waals surface area contributed by atoms with Crippen LogP contribution in [0.25, 0.3) is 0 Å². The van der Waals surface area contributed by atoms with Crippen molar-refractivity contribution in [3.63, 3.8) is 0 Å². The highest BCUT2D eigenvalue weighted by Crippen LogP contribution is 2.65. The Hall–Kier alpha value is -3.08. The van der Waals surface area contributed by atoms with Crippen LogP contribution in [0.5, 0.6) is 11.5 Å². The zero-order chi connectivity index (χ0) is 27.6. The number of rotatable bonds is 7. The van der Waals surface area contributed by atoms with Crippen LogP contribution < -0.4 is 14.8 Å². The maximum absolute atomic E-state index is 13.6. The molecule has 4 aliphatic rings. The van der Waals surface area contributed by atoms with E-state index < -0.39 is 46.9 Å². The SMILES string of the molecule is CCOC(=O)[C@@]1(CC(C)C)N[C@H]2c3cc4c(cc3[C@@]3(CCN(C)C(=O)C(F)(F)F)C=CC(=O)[C@@H]1[C@@H]23)OCO4. The molecule has 11 heteroatoms. The van der Waals surface area contributed by atoms with Crippen molar-refractivity contribution in [2.24, 2.45) is 17.8 Å². The summed E-state index contributed by atoms with van der Waals surface area (Å²) in [6.45, 7) is 5.57. The predicted molar refractivity (Wildman–Crippen MR) is 128 cm³/mol. The van der Waals surface area contributed by atoms with E-state index in [0.717, 1.165) is 18.2 Å². The Balaban J connectivity index is 1.65. The molecule has 1 N–H and O–H groups in total. The van der Waals surface area contributed by atoms with Crippen LogP contribution >= 0.6 is 0 Å². The van der Waals surface area contributed by atoms with E-state index in [1.807, 2.05) is 26.0 Å². The first-order valence-corrected chi connectivity index (χ1v) is 12.8. The van der Waals surface area contributed by atoms with Gasteiger partial charge in [0.25, 0.3) is 0 Å². The minimum absolute atomic E-state index is 0.0330. The number of nitrogens with one attached hydrogen (secondary N) is 1. The summed E-state index contributed by atoms with van der Waals surface area (Å²) in [5.41, 5.74) is -0.664. The number of hydrogen-bond donors (Lipinski definition) is 1. The average Bonchev–Trinajstić information content (AvgIpc) is 3.51. The maximum atomic E-state index is 13.6. The van der Waals surface area contributed by atoms with Crippen LogP contribution in [0.1, 0.15) is 50.8 Å². The van der Waals surface area contributed by atoms with Crippen molar-refractivity contribution in [2.75, 3.05) is 27.0 Å². The fraction of sp³-hybridized carbons (Fsp3) is 0.593. The standard InChI is InChI=1S/C27H31F3N2O6/c1-5-36-24(35)26(12-14(2)3)20-17(33)6-7-25(8-9-32(4)23(34)27(28,29)30)16-11-19-18(37-13-38-19)10-15(16)22(31-26)21(20)25/h6-7,10-11,14,20-22,31H,5,8-9,12-13H2,1-4H3/t20-,21+,22+,25+,26+/m1/s1. The zero-order valence-electron chi connectivity index (χ0n) is 21.7. The average molecular weight is 537 g/mol. The molecule has 0 aromatic heterocycles. The number of amides is 1. The fourth-order valence-corrected chi connectivity index (χ4v) is 6.99. The number of carbonyl (C=O) groups excluding carboxylic acids is 3. The quantitative estimate of drug-likeness (QED) is 0.534. The predicted octanol–water partition coefficient (Wildman–Crippen LogP) is 3.44. The van der Waals surface area contributed by atoms with Gasteiger partial charge in [0, 0.05) is 31.0 Å². The summed E-state index contributed by atoms with van der Waals surface area (Å²) in [5, 5.41) is 3.50. The molecule has 2 heterocycles. The summed E-state index contributed by atoms with van der Waals surface area (Å²) < 4.78 is 56.1. The minimum Gasteiger partial charge on any atom is -0.465 e. The summed E-state index contributed by atoms with van der Waals surface area (Å²) >= 11 is 0. The highest BCUT2D eigenvalue weighted by Gasteiger charge is 2.70. The van der Waals surface area contributed by atoms with Crippen molar-refractivity contribution in [1.82, 2.24) is 10.2 Å². The molecule has 8 nitrogen and oxygen atoms in total. The topological polar surface area (TPSA) is 94.2 Å². The van der Waals surface area contributed by atoms with Gasteiger partial charge in [-0.1, -0.05) is 19.9 Å². The first-order chi connectivity index (χ1) is 17.9. The molecule has 2 aliphatic carbocycles. The van der Waals surface area contributed by atoms with E-state index in [4.69, 9.17) is 14.2 Å².